The predicted molar refractivity (Wildman–Crippen MR) is 137 cm³/mol. The van der Waals surface area contributed by atoms with Crippen LogP contribution in [0.25, 0.3) is 11.5 Å². The van der Waals surface area contributed by atoms with Crippen molar-refractivity contribution in [2.75, 3.05) is 43.8 Å². The van der Waals surface area contributed by atoms with Crippen molar-refractivity contribution in [1.82, 2.24) is 20.0 Å². The van der Waals surface area contributed by atoms with Gasteiger partial charge in [0.15, 0.2) is 0 Å². The van der Waals surface area contributed by atoms with Crippen molar-refractivity contribution in [1.29, 1.82) is 0 Å². The number of aromatic nitrogens is 2. The van der Waals surface area contributed by atoms with Crippen molar-refractivity contribution >= 4 is 29.3 Å². The Bertz CT molecular complexity index is 1190. The van der Waals surface area contributed by atoms with E-state index in [0.29, 0.717) is 43.8 Å². The smallest absolute Gasteiger partial charge is 0.277 e. The van der Waals surface area contributed by atoms with E-state index in [9.17, 15) is 9.59 Å². The van der Waals surface area contributed by atoms with Gasteiger partial charge in [-0.2, -0.15) is 0 Å². The highest BCUT2D eigenvalue weighted by atomic mass is 32.2. The second-order valence-corrected chi connectivity index (χ2v) is 9.60. The molecule has 2 amide bonds. The first-order valence-electron chi connectivity index (χ1n) is 11.8. The van der Waals surface area contributed by atoms with E-state index in [-0.39, 0.29) is 17.6 Å². The van der Waals surface area contributed by atoms with Gasteiger partial charge < -0.3 is 14.6 Å². The fraction of sp³-hybridized carbons (Fsp3) is 0.385. The van der Waals surface area contributed by atoms with Gasteiger partial charge >= 0.3 is 0 Å². The highest BCUT2D eigenvalue weighted by Gasteiger charge is 2.23. The van der Waals surface area contributed by atoms with E-state index in [1.807, 2.05) is 54.3 Å². The SMILES string of the molecule is CCc1ccccc1NC(=O)CN1CCN(C(=O)CSc2nnc(-c3ccc(C)c(C)c3)o2)CC1. The maximum Gasteiger partial charge on any atom is 0.277 e. The highest BCUT2D eigenvalue weighted by molar-refractivity contribution is 7.99. The van der Waals surface area contributed by atoms with Crippen LogP contribution in [0.1, 0.15) is 23.6 Å². The predicted octanol–water partition coefficient (Wildman–Crippen LogP) is 3.79. The van der Waals surface area contributed by atoms with Gasteiger partial charge in [0.25, 0.3) is 5.22 Å². The molecule has 0 aliphatic carbocycles. The second-order valence-electron chi connectivity index (χ2n) is 8.68. The number of benzene rings is 2. The summed E-state index contributed by atoms with van der Waals surface area (Å²) in [7, 11) is 0. The number of thioether (sulfide) groups is 1. The molecule has 2 heterocycles. The largest absolute Gasteiger partial charge is 0.411 e. The summed E-state index contributed by atoms with van der Waals surface area (Å²) in [6.07, 6.45) is 0.867. The van der Waals surface area contributed by atoms with Crippen LogP contribution in [0.3, 0.4) is 0 Å². The van der Waals surface area contributed by atoms with Crippen molar-refractivity contribution in [3.63, 3.8) is 0 Å². The Morgan fingerprint density at radius 1 is 1.03 bits per heavy atom. The molecule has 8 nitrogen and oxygen atoms in total. The lowest BCUT2D eigenvalue weighted by Gasteiger charge is -2.34. The molecule has 1 aliphatic rings. The van der Waals surface area contributed by atoms with Gasteiger partial charge in [-0.25, -0.2) is 0 Å². The Morgan fingerprint density at radius 3 is 2.54 bits per heavy atom. The normalized spacial score (nSPS) is 14.2. The summed E-state index contributed by atoms with van der Waals surface area (Å²) in [5.74, 6) is 0.693. The van der Waals surface area contributed by atoms with E-state index >= 15 is 0 Å². The number of carbonyl (C=O) groups excluding carboxylic acids is 2. The zero-order chi connectivity index (χ0) is 24.8. The number of anilines is 1. The lowest BCUT2D eigenvalue weighted by molar-refractivity contribution is -0.130. The van der Waals surface area contributed by atoms with Crippen molar-refractivity contribution in [3.05, 3.63) is 59.2 Å². The van der Waals surface area contributed by atoms with Crippen LogP contribution in [-0.4, -0.2) is 70.3 Å². The number of carbonyl (C=O) groups is 2. The molecule has 3 aromatic rings. The van der Waals surface area contributed by atoms with Crippen LogP contribution in [0.15, 0.2) is 52.1 Å². The first-order chi connectivity index (χ1) is 16.9. The number of nitrogens with one attached hydrogen (secondary N) is 1. The molecule has 4 rings (SSSR count). The van der Waals surface area contributed by atoms with Gasteiger partial charge in [0.05, 0.1) is 12.3 Å². The highest BCUT2D eigenvalue weighted by Crippen LogP contribution is 2.25. The van der Waals surface area contributed by atoms with Crippen LogP contribution in [-0.2, 0) is 16.0 Å². The molecule has 1 fully saturated rings. The zero-order valence-electron chi connectivity index (χ0n) is 20.4. The third kappa shape index (κ3) is 6.49. The zero-order valence-corrected chi connectivity index (χ0v) is 21.2. The summed E-state index contributed by atoms with van der Waals surface area (Å²) >= 11 is 1.25. The van der Waals surface area contributed by atoms with Gasteiger partial charge in [-0.05, 0) is 55.2 Å². The molecule has 1 aromatic heterocycles. The first-order valence-corrected chi connectivity index (χ1v) is 12.8. The van der Waals surface area contributed by atoms with E-state index in [0.717, 1.165) is 28.8 Å². The summed E-state index contributed by atoms with van der Waals surface area (Å²) in [5.41, 5.74) is 5.23. The molecular weight excluding hydrogens is 462 g/mol. The molecule has 0 radical (unpaired) electrons. The molecule has 1 aliphatic heterocycles. The van der Waals surface area contributed by atoms with E-state index in [1.165, 1.54) is 17.3 Å². The van der Waals surface area contributed by atoms with Gasteiger partial charge in [-0.3, -0.25) is 14.5 Å². The van der Waals surface area contributed by atoms with E-state index in [2.05, 4.69) is 34.3 Å². The van der Waals surface area contributed by atoms with Crippen LogP contribution < -0.4 is 5.32 Å². The molecule has 0 unspecified atom stereocenters. The van der Waals surface area contributed by atoms with Crippen LogP contribution in [0.4, 0.5) is 5.69 Å². The van der Waals surface area contributed by atoms with Crippen molar-refractivity contribution in [3.8, 4) is 11.5 Å². The maximum absolute atomic E-state index is 12.7. The van der Waals surface area contributed by atoms with Gasteiger partial charge in [0.1, 0.15) is 0 Å². The Morgan fingerprint density at radius 2 is 1.80 bits per heavy atom. The fourth-order valence-electron chi connectivity index (χ4n) is 3.97. The quantitative estimate of drug-likeness (QED) is 0.477. The van der Waals surface area contributed by atoms with Crippen LogP contribution in [0.5, 0.6) is 0 Å². The van der Waals surface area contributed by atoms with Crippen molar-refractivity contribution in [2.24, 2.45) is 0 Å². The number of para-hydroxylation sites is 1. The molecule has 0 spiro atoms. The minimum absolute atomic E-state index is 0.0295. The number of rotatable bonds is 8. The number of amides is 2. The van der Waals surface area contributed by atoms with Crippen molar-refractivity contribution < 1.29 is 14.0 Å². The van der Waals surface area contributed by atoms with E-state index in [1.54, 1.807) is 0 Å². The number of hydrogen-bond donors (Lipinski definition) is 1. The minimum Gasteiger partial charge on any atom is -0.411 e. The summed E-state index contributed by atoms with van der Waals surface area (Å²) in [6, 6.07) is 13.9. The van der Waals surface area contributed by atoms with Gasteiger partial charge in [0.2, 0.25) is 17.7 Å². The molecule has 35 heavy (non-hydrogen) atoms. The average molecular weight is 494 g/mol. The number of nitrogens with zero attached hydrogens (tertiary/aromatic N) is 4. The van der Waals surface area contributed by atoms with Crippen LogP contribution >= 0.6 is 11.8 Å². The van der Waals surface area contributed by atoms with Crippen LogP contribution in [0, 0.1) is 13.8 Å². The standard InChI is InChI=1S/C26H31N5O3S/c1-4-20-7-5-6-8-22(20)27-23(32)16-30-11-13-31(14-12-30)24(33)17-35-26-29-28-25(34-26)21-10-9-18(2)19(3)15-21/h5-10,15H,4,11-14,16-17H2,1-3H3,(H,27,32). The number of piperazine rings is 1. The Balaban J connectivity index is 1.21. The fourth-order valence-corrected chi connectivity index (χ4v) is 4.64. The lowest BCUT2D eigenvalue weighted by atomic mass is 10.1. The van der Waals surface area contributed by atoms with E-state index < -0.39 is 0 Å². The summed E-state index contributed by atoms with van der Waals surface area (Å²) in [6.45, 7) is 9.00. The average Bonchev–Trinajstić information content (AvgIpc) is 3.34. The molecule has 1 N–H and O–H groups in total. The molecule has 2 aromatic carbocycles. The second kappa shape index (κ2) is 11.5. The van der Waals surface area contributed by atoms with E-state index in [4.69, 9.17) is 4.42 Å². The number of hydrogen-bond acceptors (Lipinski definition) is 7. The number of aryl methyl sites for hydroxylation is 3. The molecular formula is C26H31N5O3S. The van der Waals surface area contributed by atoms with Gasteiger partial charge in [0, 0.05) is 37.4 Å². The van der Waals surface area contributed by atoms with Crippen LogP contribution in [0.2, 0.25) is 0 Å². The Labute approximate surface area is 210 Å². The third-order valence-corrected chi connectivity index (χ3v) is 7.05. The monoisotopic (exact) mass is 493 g/mol. The summed E-state index contributed by atoms with van der Waals surface area (Å²) in [4.78, 5) is 29.1. The Kier molecular flexibility index (Phi) is 8.20. The molecule has 0 saturated carbocycles. The van der Waals surface area contributed by atoms with Gasteiger partial charge in [-0.1, -0.05) is 43.0 Å². The molecule has 1 saturated heterocycles. The molecule has 0 atom stereocenters. The first kappa shape index (κ1) is 24.9. The lowest BCUT2D eigenvalue weighted by Crippen LogP contribution is -2.50. The molecule has 0 bridgehead atoms. The summed E-state index contributed by atoms with van der Waals surface area (Å²) in [5, 5.41) is 11.6. The third-order valence-electron chi connectivity index (χ3n) is 6.24. The van der Waals surface area contributed by atoms with Crippen molar-refractivity contribution in [2.45, 2.75) is 32.4 Å². The molecule has 184 valence electrons. The Hall–Kier alpha value is -3.17. The topological polar surface area (TPSA) is 91.6 Å². The van der Waals surface area contributed by atoms with Gasteiger partial charge in [-0.15, -0.1) is 10.2 Å². The minimum atomic E-state index is -0.0304. The maximum atomic E-state index is 12.7. The summed E-state index contributed by atoms with van der Waals surface area (Å²) < 4.78 is 5.75. The molecule has 9 heteroatoms.